The van der Waals surface area contributed by atoms with Gasteiger partial charge in [0.1, 0.15) is 29.5 Å². The van der Waals surface area contributed by atoms with E-state index in [0.717, 1.165) is 18.8 Å². The van der Waals surface area contributed by atoms with Gasteiger partial charge < -0.3 is 10.2 Å². The molecule has 130 valence electrons. The van der Waals surface area contributed by atoms with Crippen LogP contribution < -0.4 is 15.1 Å². The number of nitrogens with zero attached hydrogens (tertiary/aromatic N) is 4. The Balaban J connectivity index is 1.79. The maximum absolute atomic E-state index is 13.4. The summed E-state index contributed by atoms with van der Waals surface area (Å²) >= 11 is 12.4. The van der Waals surface area contributed by atoms with Gasteiger partial charge >= 0.3 is 0 Å². The monoisotopic (exact) mass is 377 g/mol. The maximum Gasteiger partial charge on any atom is 0.255 e. The molecule has 0 atom stereocenters. The van der Waals surface area contributed by atoms with Crippen molar-refractivity contribution in [2.24, 2.45) is 0 Å². The van der Waals surface area contributed by atoms with Gasteiger partial charge in [-0.2, -0.15) is 0 Å². The van der Waals surface area contributed by atoms with Crippen molar-refractivity contribution in [3.8, 4) is 0 Å². The second-order valence-corrected chi connectivity index (χ2v) is 7.03. The Hall–Kier alpha value is -1.89. The molecule has 3 heterocycles. The molecule has 6 nitrogen and oxygen atoms in total. The summed E-state index contributed by atoms with van der Waals surface area (Å²) in [5.41, 5.74) is 0.246. The molecular weight excluding hydrogens is 361 g/mol. The molecule has 0 unspecified atom stereocenters. The number of carbonyl (C=O) groups excluding carboxylic acids is 1. The number of carbonyl (C=O) groups is 1. The summed E-state index contributed by atoms with van der Waals surface area (Å²) in [5.74, 6) is 0.543. The fourth-order valence-corrected chi connectivity index (χ4v) is 4.04. The van der Waals surface area contributed by atoms with Gasteiger partial charge in [-0.3, -0.25) is 9.69 Å². The number of para-hydroxylation sites is 1. The molecule has 0 radical (unpaired) electrons. The molecule has 8 heteroatoms. The lowest BCUT2D eigenvalue weighted by Crippen LogP contribution is -2.55. The first-order valence-corrected chi connectivity index (χ1v) is 8.90. The number of hydrogen-bond acceptors (Lipinski definition) is 5. The normalized spacial score (nSPS) is 19.7. The molecule has 2 aromatic rings. The highest BCUT2D eigenvalue weighted by molar-refractivity contribution is 6.33. The molecule has 2 saturated heterocycles. The number of benzene rings is 1. The Labute approximate surface area is 155 Å². The number of piperidine rings is 1. The molecule has 1 N–H and O–H groups in total. The molecule has 25 heavy (non-hydrogen) atoms. The maximum atomic E-state index is 13.4. The Morgan fingerprint density at radius 2 is 1.88 bits per heavy atom. The van der Waals surface area contributed by atoms with E-state index in [9.17, 15) is 4.79 Å². The predicted molar refractivity (Wildman–Crippen MR) is 98.2 cm³/mol. The Morgan fingerprint density at radius 1 is 1.12 bits per heavy atom. The highest BCUT2D eigenvalue weighted by Gasteiger charge is 2.53. The molecule has 2 aliphatic rings. The topological polar surface area (TPSA) is 61.4 Å². The molecular formula is C17H17Cl2N5O. The van der Waals surface area contributed by atoms with E-state index in [0.29, 0.717) is 35.5 Å². The molecule has 1 aromatic heterocycles. The fraction of sp³-hybridized carbons (Fsp3) is 0.353. The van der Waals surface area contributed by atoms with Crippen LogP contribution in [0.2, 0.25) is 10.2 Å². The van der Waals surface area contributed by atoms with Crippen molar-refractivity contribution in [2.45, 2.75) is 18.4 Å². The number of nitrogens with one attached hydrogen (secondary N) is 1. The molecule has 0 saturated carbocycles. The van der Waals surface area contributed by atoms with Gasteiger partial charge in [0, 0.05) is 6.07 Å². The molecule has 0 aliphatic carbocycles. The van der Waals surface area contributed by atoms with Crippen molar-refractivity contribution in [1.29, 1.82) is 0 Å². The van der Waals surface area contributed by atoms with Crippen molar-refractivity contribution in [2.75, 3.05) is 29.6 Å². The zero-order chi connectivity index (χ0) is 17.4. The third kappa shape index (κ3) is 2.74. The largest absolute Gasteiger partial charge is 0.337 e. The number of anilines is 2. The van der Waals surface area contributed by atoms with Crippen LogP contribution in [0.5, 0.6) is 0 Å². The van der Waals surface area contributed by atoms with Gasteiger partial charge in [0.25, 0.3) is 5.91 Å². The fourth-order valence-electron chi connectivity index (χ4n) is 3.66. The summed E-state index contributed by atoms with van der Waals surface area (Å²) in [6.45, 7) is 1.95. The third-order valence-electron chi connectivity index (χ3n) is 4.91. The van der Waals surface area contributed by atoms with Crippen LogP contribution in [0.4, 0.5) is 11.5 Å². The minimum atomic E-state index is -0.617. The average molecular weight is 378 g/mol. The summed E-state index contributed by atoms with van der Waals surface area (Å²) in [5, 5.41) is 4.28. The third-order valence-corrected chi connectivity index (χ3v) is 5.44. The van der Waals surface area contributed by atoms with Crippen LogP contribution in [0.25, 0.3) is 0 Å². The van der Waals surface area contributed by atoms with Gasteiger partial charge in [0.05, 0.1) is 10.7 Å². The first-order chi connectivity index (χ1) is 12.1. The second-order valence-electron chi connectivity index (χ2n) is 6.23. The van der Waals surface area contributed by atoms with Crippen molar-refractivity contribution < 1.29 is 4.79 Å². The summed E-state index contributed by atoms with van der Waals surface area (Å²) in [6.07, 6.45) is 2.80. The Morgan fingerprint density at radius 3 is 2.60 bits per heavy atom. The molecule has 1 amide bonds. The number of aromatic nitrogens is 2. The summed E-state index contributed by atoms with van der Waals surface area (Å²) in [4.78, 5) is 25.3. The minimum Gasteiger partial charge on any atom is -0.337 e. The smallest absolute Gasteiger partial charge is 0.255 e. The second kappa shape index (κ2) is 6.44. The van der Waals surface area contributed by atoms with Crippen molar-refractivity contribution in [1.82, 2.24) is 15.3 Å². The molecule has 4 rings (SSSR count). The van der Waals surface area contributed by atoms with Gasteiger partial charge in [0.2, 0.25) is 0 Å². The van der Waals surface area contributed by atoms with Crippen LogP contribution in [-0.4, -0.2) is 41.2 Å². The van der Waals surface area contributed by atoms with Gasteiger partial charge in [-0.05, 0) is 38.1 Å². The van der Waals surface area contributed by atoms with Crippen molar-refractivity contribution in [3.05, 3.63) is 46.8 Å². The molecule has 1 aromatic carbocycles. The van der Waals surface area contributed by atoms with E-state index in [4.69, 9.17) is 23.2 Å². The van der Waals surface area contributed by atoms with Crippen LogP contribution in [0.1, 0.15) is 12.8 Å². The van der Waals surface area contributed by atoms with Gasteiger partial charge in [0.15, 0.2) is 0 Å². The lowest BCUT2D eigenvalue weighted by molar-refractivity contribution is -0.122. The Kier molecular flexibility index (Phi) is 4.27. The van der Waals surface area contributed by atoms with E-state index in [2.05, 4.69) is 20.2 Å². The quantitative estimate of drug-likeness (QED) is 0.815. The first kappa shape index (κ1) is 16.6. The summed E-state index contributed by atoms with van der Waals surface area (Å²) in [6, 6.07) is 9.24. The van der Waals surface area contributed by atoms with Crippen molar-refractivity contribution in [3.63, 3.8) is 0 Å². The van der Waals surface area contributed by atoms with E-state index in [1.54, 1.807) is 11.0 Å². The zero-order valence-corrected chi connectivity index (χ0v) is 15.0. The SMILES string of the molecule is O=C1N(c2cc(Cl)ncn2)CN(c2ccccc2Cl)C12CCNCC2. The highest BCUT2D eigenvalue weighted by atomic mass is 35.5. The lowest BCUT2D eigenvalue weighted by atomic mass is 9.86. The number of rotatable bonds is 2. The van der Waals surface area contributed by atoms with E-state index in [-0.39, 0.29) is 5.91 Å². The summed E-state index contributed by atoms with van der Waals surface area (Å²) < 4.78 is 0. The average Bonchev–Trinajstić information content (AvgIpc) is 2.89. The number of amides is 1. The van der Waals surface area contributed by atoms with Crippen LogP contribution in [0.3, 0.4) is 0 Å². The number of hydrogen-bond donors (Lipinski definition) is 1. The predicted octanol–water partition coefficient (Wildman–Crippen LogP) is 2.72. The van der Waals surface area contributed by atoms with E-state index >= 15 is 0 Å². The van der Waals surface area contributed by atoms with Crippen LogP contribution in [0, 0.1) is 0 Å². The molecule has 2 aliphatic heterocycles. The highest BCUT2D eigenvalue weighted by Crippen LogP contribution is 2.42. The number of halogens is 2. The minimum absolute atomic E-state index is 0.0312. The van der Waals surface area contributed by atoms with Crippen LogP contribution >= 0.6 is 23.2 Å². The van der Waals surface area contributed by atoms with E-state index in [1.165, 1.54) is 6.33 Å². The molecule has 0 bridgehead atoms. The van der Waals surface area contributed by atoms with Gasteiger partial charge in [-0.25, -0.2) is 9.97 Å². The van der Waals surface area contributed by atoms with Gasteiger partial charge in [-0.1, -0.05) is 35.3 Å². The van der Waals surface area contributed by atoms with Crippen LogP contribution in [-0.2, 0) is 4.79 Å². The summed E-state index contributed by atoms with van der Waals surface area (Å²) in [7, 11) is 0. The van der Waals surface area contributed by atoms with Crippen LogP contribution in [0.15, 0.2) is 36.7 Å². The Bertz CT molecular complexity index is 809. The van der Waals surface area contributed by atoms with E-state index < -0.39 is 5.54 Å². The molecule has 2 fully saturated rings. The van der Waals surface area contributed by atoms with Crippen molar-refractivity contribution >= 4 is 40.6 Å². The first-order valence-electron chi connectivity index (χ1n) is 8.14. The van der Waals surface area contributed by atoms with Gasteiger partial charge in [-0.15, -0.1) is 0 Å². The lowest BCUT2D eigenvalue weighted by Gasteiger charge is -2.40. The van der Waals surface area contributed by atoms with E-state index in [1.807, 2.05) is 24.3 Å². The standard InChI is InChI=1S/C17H17Cl2N5O/c18-12-3-1-2-4-13(12)24-11-23(15-9-14(19)21-10-22-15)16(25)17(24)5-7-20-8-6-17/h1-4,9-10,20H,5-8,11H2. The zero-order valence-electron chi connectivity index (χ0n) is 13.5. The molecule has 1 spiro atoms.